The molecule has 0 unspecified atom stereocenters. The SMILES string of the molecule is Fc1ccc(CNc2ccc(Cl)cc2)c(Cl)c1. The molecule has 0 heterocycles. The molecule has 2 aromatic rings. The fourth-order valence-electron chi connectivity index (χ4n) is 1.43. The van der Waals surface area contributed by atoms with Crippen molar-refractivity contribution < 1.29 is 4.39 Å². The van der Waals surface area contributed by atoms with Gasteiger partial charge in [0, 0.05) is 22.3 Å². The molecule has 4 heteroatoms. The molecule has 17 heavy (non-hydrogen) atoms. The van der Waals surface area contributed by atoms with Crippen molar-refractivity contribution in [3.05, 3.63) is 63.9 Å². The number of hydrogen-bond acceptors (Lipinski definition) is 1. The van der Waals surface area contributed by atoms with Gasteiger partial charge in [0.05, 0.1) is 0 Å². The molecule has 2 aromatic carbocycles. The number of nitrogens with one attached hydrogen (secondary N) is 1. The summed E-state index contributed by atoms with van der Waals surface area (Å²) in [6.45, 7) is 0.542. The molecule has 0 fully saturated rings. The van der Waals surface area contributed by atoms with Crippen molar-refractivity contribution in [3.8, 4) is 0 Å². The van der Waals surface area contributed by atoms with Gasteiger partial charge in [-0.2, -0.15) is 0 Å². The van der Waals surface area contributed by atoms with E-state index in [2.05, 4.69) is 5.32 Å². The van der Waals surface area contributed by atoms with Crippen molar-refractivity contribution in [2.45, 2.75) is 6.54 Å². The van der Waals surface area contributed by atoms with E-state index in [1.807, 2.05) is 12.1 Å². The number of halogens is 3. The van der Waals surface area contributed by atoms with Crippen LogP contribution in [-0.2, 0) is 6.54 Å². The van der Waals surface area contributed by atoms with E-state index in [1.54, 1.807) is 18.2 Å². The van der Waals surface area contributed by atoms with Gasteiger partial charge in [-0.15, -0.1) is 0 Å². The lowest BCUT2D eigenvalue weighted by Gasteiger charge is -2.08. The van der Waals surface area contributed by atoms with Gasteiger partial charge in [0.15, 0.2) is 0 Å². The summed E-state index contributed by atoms with van der Waals surface area (Å²) in [5.74, 6) is -0.328. The van der Waals surface area contributed by atoms with Crippen LogP contribution in [-0.4, -0.2) is 0 Å². The first-order chi connectivity index (χ1) is 8.15. The summed E-state index contributed by atoms with van der Waals surface area (Å²) in [7, 11) is 0. The van der Waals surface area contributed by atoms with Crippen LogP contribution in [0.3, 0.4) is 0 Å². The predicted octanol–water partition coefficient (Wildman–Crippen LogP) is 4.74. The lowest BCUT2D eigenvalue weighted by atomic mass is 10.2. The summed E-state index contributed by atoms with van der Waals surface area (Å²) >= 11 is 11.7. The molecule has 0 saturated heterocycles. The molecule has 0 aliphatic rings. The summed E-state index contributed by atoms with van der Waals surface area (Å²) in [5.41, 5.74) is 1.79. The van der Waals surface area contributed by atoms with Gasteiger partial charge in [-0.3, -0.25) is 0 Å². The summed E-state index contributed by atoms with van der Waals surface area (Å²) in [5, 5.41) is 4.30. The lowest BCUT2D eigenvalue weighted by molar-refractivity contribution is 0.627. The summed E-state index contributed by atoms with van der Waals surface area (Å²) in [4.78, 5) is 0. The fraction of sp³-hybridized carbons (Fsp3) is 0.0769. The molecule has 1 nitrogen and oxygen atoms in total. The molecule has 0 aromatic heterocycles. The van der Waals surface area contributed by atoms with Crippen LogP contribution in [0.4, 0.5) is 10.1 Å². The number of anilines is 1. The van der Waals surface area contributed by atoms with Crippen LogP contribution in [0.2, 0.25) is 10.0 Å². The van der Waals surface area contributed by atoms with Gasteiger partial charge in [0.2, 0.25) is 0 Å². The van der Waals surface area contributed by atoms with Crippen LogP contribution in [0.15, 0.2) is 42.5 Å². The van der Waals surface area contributed by atoms with E-state index in [9.17, 15) is 4.39 Å². The largest absolute Gasteiger partial charge is 0.381 e. The second-order valence-corrected chi connectivity index (χ2v) is 4.44. The van der Waals surface area contributed by atoms with Crippen LogP contribution >= 0.6 is 23.2 Å². The number of rotatable bonds is 3. The van der Waals surface area contributed by atoms with E-state index in [0.29, 0.717) is 16.6 Å². The van der Waals surface area contributed by atoms with Crippen LogP contribution in [0.25, 0.3) is 0 Å². The van der Waals surface area contributed by atoms with Gasteiger partial charge >= 0.3 is 0 Å². The quantitative estimate of drug-likeness (QED) is 0.849. The molecule has 0 spiro atoms. The minimum absolute atomic E-state index is 0.328. The standard InChI is InChI=1S/C13H10Cl2FN/c14-10-2-5-12(6-3-10)17-8-9-1-4-11(16)7-13(9)15/h1-7,17H,8H2. The molecular weight excluding hydrogens is 260 g/mol. The van der Waals surface area contributed by atoms with E-state index in [0.717, 1.165) is 11.3 Å². The molecule has 88 valence electrons. The Balaban J connectivity index is 2.04. The molecule has 0 atom stereocenters. The van der Waals surface area contributed by atoms with Gasteiger partial charge in [0.1, 0.15) is 5.82 Å². The zero-order chi connectivity index (χ0) is 12.3. The van der Waals surface area contributed by atoms with Gasteiger partial charge in [-0.05, 0) is 42.0 Å². The summed E-state index contributed by atoms with van der Waals surface area (Å²) < 4.78 is 12.8. The highest BCUT2D eigenvalue weighted by molar-refractivity contribution is 6.31. The predicted molar refractivity (Wildman–Crippen MR) is 70.2 cm³/mol. The Bertz CT molecular complexity index is 511. The summed E-state index contributed by atoms with van der Waals surface area (Å²) in [6.07, 6.45) is 0. The Morgan fingerprint density at radius 1 is 1.00 bits per heavy atom. The van der Waals surface area contributed by atoms with E-state index in [-0.39, 0.29) is 5.82 Å². The smallest absolute Gasteiger partial charge is 0.124 e. The van der Waals surface area contributed by atoms with Gasteiger partial charge in [0.25, 0.3) is 0 Å². The lowest BCUT2D eigenvalue weighted by Crippen LogP contribution is -2.00. The van der Waals surface area contributed by atoms with Crippen LogP contribution in [0, 0.1) is 5.82 Å². The summed E-state index contributed by atoms with van der Waals surface area (Å²) in [6, 6.07) is 11.7. The Hall–Kier alpha value is -1.25. The van der Waals surface area contributed by atoms with E-state index in [4.69, 9.17) is 23.2 Å². The van der Waals surface area contributed by atoms with Crippen molar-refractivity contribution in [2.75, 3.05) is 5.32 Å². The highest BCUT2D eigenvalue weighted by Crippen LogP contribution is 2.19. The second-order valence-electron chi connectivity index (χ2n) is 3.60. The number of benzene rings is 2. The van der Waals surface area contributed by atoms with Crippen molar-refractivity contribution >= 4 is 28.9 Å². The van der Waals surface area contributed by atoms with Crippen molar-refractivity contribution in [1.82, 2.24) is 0 Å². The maximum atomic E-state index is 12.8. The normalized spacial score (nSPS) is 10.3. The average Bonchev–Trinajstić information content (AvgIpc) is 2.30. The molecule has 1 N–H and O–H groups in total. The maximum Gasteiger partial charge on any atom is 0.124 e. The minimum atomic E-state index is -0.328. The molecular formula is C13H10Cl2FN. The Kier molecular flexibility index (Phi) is 3.87. The van der Waals surface area contributed by atoms with E-state index >= 15 is 0 Å². The third-order valence-electron chi connectivity index (χ3n) is 2.34. The minimum Gasteiger partial charge on any atom is -0.381 e. The van der Waals surface area contributed by atoms with Crippen LogP contribution < -0.4 is 5.32 Å². The first-order valence-electron chi connectivity index (χ1n) is 5.08. The maximum absolute atomic E-state index is 12.8. The van der Waals surface area contributed by atoms with E-state index in [1.165, 1.54) is 12.1 Å². The van der Waals surface area contributed by atoms with Crippen LogP contribution in [0.5, 0.6) is 0 Å². The molecule has 2 rings (SSSR count). The second kappa shape index (κ2) is 5.39. The van der Waals surface area contributed by atoms with Gasteiger partial charge in [-0.1, -0.05) is 29.3 Å². The van der Waals surface area contributed by atoms with Crippen molar-refractivity contribution in [3.63, 3.8) is 0 Å². The third-order valence-corrected chi connectivity index (χ3v) is 2.95. The van der Waals surface area contributed by atoms with Crippen molar-refractivity contribution in [1.29, 1.82) is 0 Å². The first kappa shape index (κ1) is 12.2. The molecule has 0 bridgehead atoms. The molecule has 0 radical (unpaired) electrons. The topological polar surface area (TPSA) is 12.0 Å². The highest BCUT2D eigenvalue weighted by atomic mass is 35.5. The van der Waals surface area contributed by atoms with Crippen LogP contribution in [0.1, 0.15) is 5.56 Å². The molecule has 0 amide bonds. The Morgan fingerprint density at radius 2 is 1.71 bits per heavy atom. The van der Waals surface area contributed by atoms with Crippen molar-refractivity contribution in [2.24, 2.45) is 0 Å². The first-order valence-corrected chi connectivity index (χ1v) is 5.84. The highest BCUT2D eigenvalue weighted by Gasteiger charge is 2.01. The Morgan fingerprint density at radius 3 is 2.35 bits per heavy atom. The Labute approximate surface area is 109 Å². The zero-order valence-corrected chi connectivity index (χ0v) is 10.4. The fourth-order valence-corrected chi connectivity index (χ4v) is 1.79. The number of hydrogen-bond donors (Lipinski definition) is 1. The zero-order valence-electron chi connectivity index (χ0n) is 8.88. The van der Waals surface area contributed by atoms with Gasteiger partial charge < -0.3 is 5.32 Å². The average molecular weight is 270 g/mol. The molecule has 0 saturated carbocycles. The molecule has 0 aliphatic carbocycles. The monoisotopic (exact) mass is 269 g/mol. The van der Waals surface area contributed by atoms with E-state index < -0.39 is 0 Å². The van der Waals surface area contributed by atoms with Gasteiger partial charge in [-0.25, -0.2) is 4.39 Å². The molecule has 0 aliphatic heterocycles. The third kappa shape index (κ3) is 3.35.